The van der Waals surface area contributed by atoms with Crippen LogP contribution in [-0.2, 0) is 6.42 Å². The quantitative estimate of drug-likeness (QED) is 0.365. The summed E-state index contributed by atoms with van der Waals surface area (Å²) in [6, 6.07) is 10.4. The van der Waals surface area contributed by atoms with Crippen LogP contribution in [0.3, 0.4) is 0 Å². The molecule has 0 amide bonds. The molecule has 0 fully saturated rings. The lowest BCUT2D eigenvalue weighted by Crippen LogP contribution is -1.89. The summed E-state index contributed by atoms with van der Waals surface area (Å²) in [4.78, 5) is 0. The number of rotatable bonds is 0. The molecule has 0 N–H and O–H groups in total. The predicted molar refractivity (Wildman–Crippen MR) is 91.5 cm³/mol. The van der Waals surface area contributed by atoms with Crippen LogP contribution >= 0.6 is 22.9 Å². The molecule has 1 aliphatic carbocycles. The predicted octanol–water partition coefficient (Wildman–Crippen LogP) is 6.41. The molecule has 102 valence electrons. The standard InChI is InChI=1S/C18H11ClOS/c19-12-6-3-5-11-17-15(21-18(11)12)9-8-14-16(17)10-4-1-2-7-13(10)20-14/h2-3,5-9H,1,4H2. The van der Waals surface area contributed by atoms with Gasteiger partial charge in [-0.15, -0.1) is 11.3 Å². The number of thiophene rings is 1. The van der Waals surface area contributed by atoms with Crippen molar-refractivity contribution in [2.45, 2.75) is 12.8 Å². The Morgan fingerprint density at radius 3 is 3.00 bits per heavy atom. The second-order valence-electron chi connectivity index (χ2n) is 5.42. The molecule has 0 saturated carbocycles. The van der Waals surface area contributed by atoms with Crippen LogP contribution in [0.25, 0.3) is 37.2 Å². The minimum Gasteiger partial charge on any atom is -0.456 e. The molecule has 3 heteroatoms. The van der Waals surface area contributed by atoms with Gasteiger partial charge < -0.3 is 4.42 Å². The molecule has 0 spiro atoms. The second kappa shape index (κ2) is 4.12. The molecular formula is C18H11ClOS. The van der Waals surface area contributed by atoms with Gasteiger partial charge in [-0.05, 0) is 37.1 Å². The number of benzene rings is 2. The Hall–Kier alpha value is -1.77. The highest BCUT2D eigenvalue weighted by Gasteiger charge is 2.19. The second-order valence-corrected chi connectivity index (χ2v) is 6.88. The summed E-state index contributed by atoms with van der Waals surface area (Å²) in [7, 11) is 0. The average molecular weight is 311 g/mol. The third-order valence-electron chi connectivity index (χ3n) is 4.23. The van der Waals surface area contributed by atoms with Gasteiger partial charge in [-0.3, -0.25) is 0 Å². The van der Waals surface area contributed by atoms with Crippen molar-refractivity contribution in [1.29, 1.82) is 0 Å². The molecule has 2 heterocycles. The van der Waals surface area contributed by atoms with Gasteiger partial charge in [0.2, 0.25) is 0 Å². The van der Waals surface area contributed by atoms with E-state index < -0.39 is 0 Å². The van der Waals surface area contributed by atoms with E-state index in [0.717, 1.165) is 29.2 Å². The summed E-state index contributed by atoms with van der Waals surface area (Å²) in [6.07, 6.45) is 6.42. The van der Waals surface area contributed by atoms with Gasteiger partial charge in [0.15, 0.2) is 0 Å². The topological polar surface area (TPSA) is 13.1 Å². The lowest BCUT2D eigenvalue weighted by molar-refractivity contribution is 0.595. The lowest BCUT2D eigenvalue weighted by Gasteiger charge is -2.03. The van der Waals surface area contributed by atoms with Crippen LogP contribution in [0.4, 0.5) is 0 Å². The first-order chi connectivity index (χ1) is 10.3. The Labute approximate surface area is 130 Å². The Balaban J connectivity index is 2.08. The zero-order chi connectivity index (χ0) is 14.0. The highest BCUT2D eigenvalue weighted by Crippen LogP contribution is 2.44. The van der Waals surface area contributed by atoms with Crippen molar-refractivity contribution >= 4 is 60.2 Å². The average Bonchev–Trinajstić information content (AvgIpc) is 3.05. The smallest absolute Gasteiger partial charge is 0.135 e. The number of fused-ring (bicyclic) bond motifs is 7. The Bertz CT molecular complexity index is 1050. The Morgan fingerprint density at radius 1 is 1.10 bits per heavy atom. The van der Waals surface area contributed by atoms with E-state index in [4.69, 9.17) is 16.0 Å². The molecule has 5 rings (SSSR count). The van der Waals surface area contributed by atoms with Crippen molar-refractivity contribution in [2.24, 2.45) is 0 Å². The molecule has 1 nitrogen and oxygen atoms in total. The Morgan fingerprint density at radius 2 is 2.05 bits per heavy atom. The fourth-order valence-electron chi connectivity index (χ4n) is 3.33. The SMILES string of the molecule is Clc1cccc2c1sc1ccc3oc4c(c3c12)CCC=C4. The van der Waals surface area contributed by atoms with Crippen molar-refractivity contribution in [3.8, 4) is 0 Å². The number of hydrogen-bond acceptors (Lipinski definition) is 2. The van der Waals surface area contributed by atoms with Crippen LogP contribution in [0.5, 0.6) is 0 Å². The van der Waals surface area contributed by atoms with Crippen LogP contribution in [-0.4, -0.2) is 0 Å². The van der Waals surface area contributed by atoms with Gasteiger partial charge in [0, 0.05) is 26.4 Å². The molecule has 1 aliphatic rings. The third kappa shape index (κ3) is 1.52. The van der Waals surface area contributed by atoms with Gasteiger partial charge in [-0.1, -0.05) is 29.8 Å². The first kappa shape index (κ1) is 11.8. The number of halogens is 1. The Kier molecular flexibility index (Phi) is 2.33. The molecule has 0 saturated heterocycles. The fraction of sp³-hybridized carbons (Fsp3) is 0.111. The van der Waals surface area contributed by atoms with Gasteiger partial charge in [0.1, 0.15) is 11.3 Å². The van der Waals surface area contributed by atoms with Gasteiger partial charge in [0.05, 0.1) is 9.72 Å². The van der Waals surface area contributed by atoms with Crippen LogP contribution in [0.2, 0.25) is 5.02 Å². The van der Waals surface area contributed by atoms with Gasteiger partial charge in [-0.25, -0.2) is 0 Å². The molecule has 4 aromatic rings. The maximum absolute atomic E-state index is 6.37. The van der Waals surface area contributed by atoms with Crippen LogP contribution in [0.1, 0.15) is 17.7 Å². The van der Waals surface area contributed by atoms with Gasteiger partial charge in [-0.2, -0.15) is 0 Å². The highest BCUT2D eigenvalue weighted by atomic mass is 35.5. The summed E-state index contributed by atoms with van der Waals surface area (Å²) < 4.78 is 8.48. The molecular weight excluding hydrogens is 300 g/mol. The van der Waals surface area contributed by atoms with E-state index in [9.17, 15) is 0 Å². The van der Waals surface area contributed by atoms with Crippen LogP contribution < -0.4 is 0 Å². The van der Waals surface area contributed by atoms with Crippen LogP contribution in [0, 0.1) is 0 Å². The molecule has 0 unspecified atom stereocenters. The minimum absolute atomic E-state index is 0.833. The normalized spacial score (nSPS) is 14.3. The zero-order valence-electron chi connectivity index (χ0n) is 11.2. The summed E-state index contributed by atoms with van der Waals surface area (Å²) in [6.45, 7) is 0. The number of furan rings is 1. The van der Waals surface area contributed by atoms with E-state index in [-0.39, 0.29) is 0 Å². The summed E-state index contributed by atoms with van der Waals surface area (Å²) in [5.41, 5.74) is 2.33. The zero-order valence-corrected chi connectivity index (χ0v) is 12.7. The lowest BCUT2D eigenvalue weighted by atomic mass is 9.98. The van der Waals surface area contributed by atoms with Gasteiger partial charge >= 0.3 is 0 Å². The maximum Gasteiger partial charge on any atom is 0.135 e. The molecule has 0 atom stereocenters. The molecule has 0 aliphatic heterocycles. The van der Waals surface area contributed by atoms with Crippen molar-refractivity contribution in [3.05, 3.63) is 52.8 Å². The number of aryl methyl sites for hydroxylation is 1. The number of hydrogen-bond donors (Lipinski definition) is 0. The van der Waals surface area contributed by atoms with Crippen LogP contribution in [0.15, 0.2) is 40.8 Å². The molecule has 2 aromatic carbocycles. The summed E-state index contributed by atoms with van der Waals surface area (Å²) in [5, 5.41) is 4.65. The highest BCUT2D eigenvalue weighted by molar-refractivity contribution is 7.26. The molecule has 0 radical (unpaired) electrons. The van der Waals surface area contributed by atoms with E-state index in [1.54, 1.807) is 11.3 Å². The monoisotopic (exact) mass is 310 g/mol. The first-order valence-electron chi connectivity index (χ1n) is 7.04. The maximum atomic E-state index is 6.37. The van der Waals surface area contributed by atoms with E-state index >= 15 is 0 Å². The van der Waals surface area contributed by atoms with E-state index in [1.165, 1.54) is 31.1 Å². The minimum atomic E-state index is 0.833. The van der Waals surface area contributed by atoms with Crippen molar-refractivity contribution in [3.63, 3.8) is 0 Å². The van der Waals surface area contributed by atoms with Crippen molar-refractivity contribution in [2.75, 3.05) is 0 Å². The third-order valence-corrected chi connectivity index (χ3v) is 5.86. The van der Waals surface area contributed by atoms with E-state index in [1.807, 2.05) is 12.1 Å². The fourth-order valence-corrected chi connectivity index (χ4v) is 4.73. The van der Waals surface area contributed by atoms with Gasteiger partial charge in [0.25, 0.3) is 0 Å². The van der Waals surface area contributed by atoms with Crippen molar-refractivity contribution < 1.29 is 4.42 Å². The molecule has 0 bridgehead atoms. The number of allylic oxidation sites excluding steroid dienone is 1. The van der Waals surface area contributed by atoms with Crippen molar-refractivity contribution in [1.82, 2.24) is 0 Å². The summed E-state index contributed by atoms with van der Waals surface area (Å²) in [5.74, 6) is 1.02. The van der Waals surface area contributed by atoms with E-state index in [2.05, 4.69) is 30.4 Å². The summed E-state index contributed by atoms with van der Waals surface area (Å²) >= 11 is 8.14. The first-order valence-corrected chi connectivity index (χ1v) is 8.24. The van der Waals surface area contributed by atoms with E-state index in [0.29, 0.717) is 0 Å². The molecule has 2 aromatic heterocycles. The molecule has 21 heavy (non-hydrogen) atoms. The largest absolute Gasteiger partial charge is 0.456 e.